The molecule has 1 atom stereocenters. The molecule has 1 heterocycles. The van der Waals surface area contributed by atoms with Gasteiger partial charge in [-0.05, 0) is 67.9 Å². The highest BCUT2D eigenvalue weighted by molar-refractivity contribution is 5.90. The smallest absolute Gasteiger partial charge is 0.227 e. The SMILES string of the molecule is CC(C(=O)NCC1CCC(Nc2nc(N(C)C)c3ccccc3n2)CC1)c1ccc(-c2ccccc2)c(F)c1. The molecule has 0 aliphatic heterocycles. The molecule has 2 N–H and O–H groups in total. The van der Waals surface area contributed by atoms with Crippen molar-refractivity contribution in [2.24, 2.45) is 5.92 Å². The third-order valence-electron chi connectivity index (χ3n) is 7.72. The summed E-state index contributed by atoms with van der Waals surface area (Å²) in [6.45, 7) is 2.47. The fourth-order valence-corrected chi connectivity index (χ4v) is 5.36. The zero-order chi connectivity index (χ0) is 27.4. The molecule has 0 saturated heterocycles. The molecule has 1 aliphatic rings. The minimum atomic E-state index is -0.418. The maximum atomic E-state index is 14.8. The first-order valence-corrected chi connectivity index (χ1v) is 13.7. The van der Waals surface area contributed by atoms with Crippen LogP contribution in [0.1, 0.15) is 44.1 Å². The summed E-state index contributed by atoms with van der Waals surface area (Å²) >= 11 is 0. The van der Waals surface area contributed by atoms with Crippen LogP contribution in [0.4, 0.5) is 16.2 Å². The van der Waals surface area contributed by atoms with Crippen LogP contribution < -0.4 is 15.5 Å². The minimum Gasteiger partial charge on any atom is -0.362 e. The molecular formula is C32H36FN5O. The van der Waals surface area contributed by atoms with Crippen LogP contribution in [0.5, 0.6) is 0 Å². The summed E-state index contributed by atoms with van der Waals surface area (Å²) < 4.78 is 14.8. The van der Waals surface area contributed by atoms with Gasteiger partial charge < -0.3 is 15.5 Å². The van der Waals surface area contributed by atoms with Gasteiger partial charge in [0, 0.05) is 37.6 Å². The van der Waals surface area contributed by atoms with Gasteiger partial charge in [0.2, 0.25) is 11.9 Å². The number of para-hydroxylation sites is 1. The summed E-state index contributed by atoms with van der Waals surface area (Å²) in [7, 11) is 3.99. The van der Waals surface area contributed by atoms with E-state index in [1.807, 2.05) is 86.6 Å². The Morgan fingerprint density at radius 3 is 2.41 bits per heavy atom. The lowest BCUT2D eigenvalue weighted by atomic mass is 9.86. The second kappa shape index (κ2) is 11.8. The van der Waals surface area contributed by atoms with E-state index < -0.39 is 5.92 Å². The highest BCUT2D eigenvalue weighted by Gasteiger charge is 2.24. The second-order valence-corrected chi connectivity index (χ2v) is 10.7. The molecule has 6 nitrogen and oxygen atoms in total. The number of carbonyl (C=O) groups is 1. The molecular weight excluding hydrogens is 489 g/mol. The van der Waals surface area contributed by atoms with Gasteiger partial charge in [0.25, 0.3) is 0 Å². The fourth-order valence-electron chi connectivity index (χ4n) is 5.36. The molecule has 1 aliphatic carbocycles. The quantitative estimate of drug-likeness (QED) is 0.279. The number of nitrogens with one attached hydrogen (secondary N) is 2. The van der Waals surface area contributed by atoms with Crippen LogP contribution in [0.15, 0.2) is 72.8 Å². The summed E-state index contributed by atoms with van der Waals surface area (Å²) in [5.74, 6) is 1.20. The van der Waals surface area contributed by atoms with Crippen molar-refractivity contribution in [2.75, 3.05) is 30.9 Å². The summed E-state index contributed by atoms with van der Waals surface area (Å²) in [6.07, 6.45) is 4.02. The average Bonchev–Trinajstić information content (AvgIpc) is 2.96. The molecule has 1 aromatic heterocycles. The first-order valence-electron chi connectivity index (χ1n) is 13.7. The van der Waals surface area contributed by atoms with Crippen LogP contribution in [-0.4, -0.2) is 42.6 Å². The van der Waals surface area contributed by atoms with Gasteiger partial charge >= 0.3 is 0 Å². The predicted octanol–water partition coefficient (Wildman–Crippen LogP) is 6.39. The van der Waals surface area contributed by atoms with Gasteiger partial charge in [0.05, 0.1) is 11.4 Å². The zero-order valence-electron chi connectivity index (χ0n) is 22.8. The Kier molecular flexibility index (Phi) is 8.05. The van der Waals surface area contributed by atoms with Crippen LogP contribution in [0.2, 0.25) is 0 Å². The maximum absolute atomic E-state index is 14.8. The number of amides is 1. The molecule has 202 valence electrons. The van der Waals surface area contributed by atoms with Crippen molar-refractivity contribution in [1.29, 1.82) is 0 Å². The van der Waals surface area contributed by atoms with Gasteiger partial charge in [-0.3, -0.25) is 4.79 Å². The topological polar surface area (TPSA) is 70.2 Å². The summed E-state index contributed by atoms with van der Waals surface area (Å²) in [5, 5.41) is 7.69. The summed E-state index contributed by atoms with van der Waals surface area (Å²) in [4.78, 5) is 24.4. The lowest BCUT2D eigenvalue weighted by Gasteiger charge is -2.30. The van der Waals surface area contributed by atoms with E-state index in [-0.39, 0.29) is 11.7 Å². The molecule has 3 aromatic carbocycles. The molecule has 5 rings (SSSR count). The van der Waals surface area contributed by atoms with Gasteiger partial charge in [-0.15, -0.1) is 0 Å². The number of hydrogen-bond donors (Lipinski definition) is 2. The molecule has 0 bridgehead atoms. The fraction of sp³-hybridized carbons (Fsp3) is 0.344. The lowest BCUT2D eigenvalue weighted by molar-refractivity contribution is -0.122. The summed E-state index contributed by atoms with van der Waals surface area (Å²) in [5.41, 5.74) is 2.99. The zero-order valence-corrected chi connectivity index (χ0v) is 22.8. The highest BCUT2D eigenvalue weighted by atomic mass is 19.1. The monoisotopic (exact) mass is 525 g/mol. The van der Waals surface area contributed by atoms with Crippen LogP contribution in [0.3, 0.4) is 0 Å². The molecule has 1 amide bonds. The number of rotatable bonds is 8. The van der Waals surface area contributed by atoms with E-state index in [9.17, 15) is 9.18 Å². The number of carbonyl (C=O) groups excluding carboxylic acids is 1. The molecule has 39 heavy (non-hydrogen) atoms. The van der Waals surface area contributed by atoms with Gasteiger partial charge in [-0.25, -0.2) is 9.37 Å². The first kappa shape index (κ1) is 26.6. The van der Waals surface area contributed by atoms with Gasteiger partial charge in [-0.1, -0.05) is 54.6 Å². The first-order chi connectivity index (χ1) is 18.9. The number of aromatic nitrogens is 2. The number of benzene rings is 3. The molecule has 1 fully saturated rings. The lowest BCUT2D eigenvalue weighted by Crippen LogP contribution is -2.36. The second-order valence-electron chi connectivity index (χ2n) is 10.7. The van der Waals surface area contributed by atoms with Crippen molar-refractivity contribution in [3.63, 3.8) is 0 Å². The van der Waals surface area contributed by atoms with Crippen molar-refractivity contribution in [2.45, 2.75) is 44.6 Å². The van der Waals surface area contributed by atoms with Crippen LogP contribution in [0, 0.1) is 11.7 Å². The normalized spacial score (nSPS) is 17.9. The van der Waals surface area contributed by atoms with Crippen molar-refractivity contribution in [3.8, 4) is 11.1 Å². The van der Waals surface area contributed by atoms with Gasteiger partial charge in [0.15, 0.2) is 0 Å². The Bertz CT molecular complexity index is 1430. The molecule has 0 radical (unpaired) electrons. The third kappa shape index (κ3) is 6.19. The van der Waals surface area contributed by atoms with Crippen LogP contribution in [-0.2, 0) is 4.79 Å². The van der Waals surface area contributed by atoms with E-state index in [0.29, 0.717) is 35.6 Å². The number of fused-ring (bicyclic) bond motifs is 1. The number of hydrogen-bond acceptors (Lipinski definition) is 5. The third-order valence-corrected chi connectivity index (χ3v) is 7.72. The van der Waals surface area contributed by atoms with Gasteiger partial charge in [0.1, 0.15) is 11.6 Å². The average molecular weight is 526 g/mol. The Morgan fingerprint density at radius 1 is 0.974 bits per heavy atom. The van der Waals surface area contributed by atoms with Crippen molar-refractivity contribution in [3.05, 3.63) is 84.2 Å². The van der Waals surface area contributed by atoms with Crippen molar-refractivity contribution >= 4 is 28.6 Å². The van der Waals surface area contributed by atoms with E-state index in [0.717, 1.165) is 48.0 Å². The van der Waals surface area contributed by atoms with Crippen molar-refractivity contribution in [1.82, 2.24) is 15.3 Å². The number of nitrogens with zero attached hydrogens (tertiary/aromatic N) is 3. The largest absolute Gasteiger partial charge is 0.362 e. The summed E-state index contributed by atoms with van der Waals surface area (Å²) in [6, 6.07) is 22.9. The molecule has 4 aromatic rings. The molecule has 0 spiro atoms. The Balaban J connectivity index is 1.12. The van der Waals surface area contributed by atoms with E-state index in [4.69, 9.17) is 9.97 Å². The van der Waals surface area contributed by atoms with E-state index in [2.05, 4.69) is 10.6 Å². The molecule has 1 unspecified atom stereocenters. The maximum Gasteiger partial charge on any atom is 0.227 e. The Labute approximate surface area is 229 Å². The molecule has 1 saturated carbocycles. The predicted molar refractivity (Wildman–Crippen MR) is 156 cm³/mol. The standard InChI is InChI=1S/C32H36FN5O/c1-21(24-15-18-26(28(33)19-24)23-9-5-4-6-10-23)31(39)34-20-22-13-16-25(17-14-22)35-32-36-29-12-8-7-11-27(29)30(37-32)38(2)3/h4-12,15,18-19,21-22,25H,13-14,16-17,20H2,1-3H3,(H,34,39)(H,35,36,37). The van der Waals surface area contributed by atoms with E-state index in [1.165, 1.54) is 6.07 Å². The Hall–Kier alpha value is -4.00. The van der Waals surface area contributed by atoms with Crippen LogP contribution in [0.25, 0.3) is 22.0 Å². The number of anilines is 2. The minimum absolute atomic E-state index is 0.0668. The van der Waals surface area contributed by atoms with E-state index in [1.54, 1.807) is 6.07 Å². The highest BCUT2D eigenvalue weighted by Crippen LogP contribution is 2.29. The van der Waals surface area contributed by atoms with Crippen LogP contribution >= 0.6 is 0 Å². The van der Waals surface area contributed by atoms with Crippen molar-refractivity contribution < 1.29 is 9.18 Å². The number of halogens is 1. The Morgan fingerprint density at radius 2 is 1.69 bits per heavy atom. The van der Waals surface area contributed by atoms with E-state index >= 15 is 0 Å². The van der Waals surface area contributed by atoms with Gasteiger partial charge in [-0.2, -0.15) is 4.98 Å². The molecule has 7 heteroatoms.